The summed E-state index contributed by atoms with van der Waals surface area (Å²) < 4.78 is 0. The number of rotatable bonds is 10. The number of benzene rings is 1. The van der Waals surface area contributed by atoms with Crippen LogP contribution in [0.5, 0.6) is 0 Å². The van der Waals surface area contributed by atoms with E-state index >= 15 is 0 Å². The molecule has 0 aliphatic rings. The Morgan fingerprint density at radius 2 is 1.67 bits per heavy atom. The van der Waals surface area contributed by atoms with Gasteiger partial charge in [-0.05, 0) is 51.4 Å². The molecule has 0 saturated heterocycles. The van der Waals surface area contributed by atoms with Crippen molar-refractivity contribution in [1.82, 2.24) is 10.2 Å². The summed E-state index contributed by atoms with van der Waals surface area (Å²) in [5.41, 5.74) is 1.63. The highest BCUT2D eigenvalue weighted by molar-refractivity contribution is 5.17. The zero-order chi connectivity index (χ0) is 15.7. The van der Waals surface area contributed by atoms with E-state index in [0.29, 0.717) is 6.04 Å². The first-order valence-electron chi connectivity index (χ1n) is 8.64. The SMILES string of the molecule is CCCNC(Cc1ccccc1)C(C)(CC)N(CC)CC. The fraction of sp³-hybridized carbons (Fsp3) is 0.684. The van der Waals surface area contributed by atoms with Crippen LogP contribution in [0.25, 0.3) is 0 Å². The van der Waals surface area contributed by atoms with Crippen molar-refractivity contribution >= 4 is 0 Å². The van der Waals surface area contributed by atoms with Crippen LogP contribution in [-0.2, 0) is 6.42 Å². The van der Waals surface area contributed by atoms with Crippen LogP contribution in [0, 0.1) is 0 Å². The van der Waals surface area contributed by atoms with Crippen LogP contribution >= 0.6 is 0 Å². The minimum atomic E-state index is 0.203. The van der Waals surface area contributed by atoms with E-state index in [1.165, 1.54) is 18.4 Å². The number of likely N-dealkylation sites (N-methyl/N-ethyl adjacent to an activating group) is 1. The molecule has 0 fully saturated rings. The lowest BCUT2D eigenvalue weighted by Crippen LogP contribution is -2.60. The quantitative estimate of drug-likeness (QED) is 0.697. The van der Waals surface area contributed by atoms with Gasteiger partial charge in [-0.25, -0.2) is 0 Å². The predicted octanol–water partition coefficient (Wildman–Crippen LogP) is 4.11. The average molecular weight is 290 g/mol. The van der Waals surface area contributed by atoms with Crippen LogP contribution < -0.4 is 5.32 Å². The van der Waals surface area contributed by atoms with Crippen LogP contribution in [0.2, 0.25) is 0 Å². The zero-order valence-corrected chi connectivity index (χ0v) is 14.7. The highest BCUT2D eigenvalue weighted by atomic mass is 15.2. The van der Waals surface area contributed by atoms with E-state index in [4.69, 9.17) is 0 Å². The van der Waals surface area contributed by atoms with Crippen molar-refractivity contribution in [2.45, 2.75) is 65.5 Å². The second-order valence-electron chi connectivity index (χ2n) is 6.08. The minimum Gasteiger partial charge on any atom is -0.312 e. The van der Waals surface area contributed by atoms with Crippen LogP contribution in [0.3, 0.4) is 0 Å². The van der Waals surface area contributed by atoms with Crippen molar-refractivity contribution in [1.29, 1.82) is 0 Å². The first-order chi connectivity index (χ1) is 10.1. The van der Waals surface area contributed by atoms with Crippen molar-refractivity contribution in [3.63, 3.8) is 0 Å². The molecule has 0 aromatic heterocycles. The maximum absolute atomic E-state index is 3.82. The maximum atomic E-state index is 3.82. The maximum Gasteiger partial charge on any atom is 0.0334 e. The molecule has 120 valence electrons. The second-order valence-corrected chi connectivity index (χ2v) is 6.08. The lowest BCUT2D eigenvalue weighted by atomic mass is 9.83. The highest BCUT2D eigenvalue weighted by Gasteiger charge is 2.36. The molecule has 0 amide bonds. The second kappa shape index (κ2) is 9.22. The standard InChI is InChI=1S/C19H34N2/c1-6-15-20-18(16-17-13-11-10-12-14-17)19(5,7-2)21(8-3)9-4/h10-14,18,20H,6-9,15-16H2,1-5H3. The Bertz CT molecular complexity index is 372. The minimum absolute atomic E-state index is 0.203. The van der Waals surface area contributed by atoms with Gasteiger partial charge in [0, 0.05) is 11.6 Å². The largest absolute Gasteiger partial charge is 0.312 e. The van der Waals surface area contributed by atoms with Crippen LogP contribution in [0.1, 0.15) is 53.0 Å². The summed E-state index contributed by atoms with van der Waals surface area (Å²) in [6.45, 7) is 14.9. The average Bonchev–Trinajstić information content (AvgIpc) is 2.53. The molecule has 0 aliphatic carbocycles. The van der Waals surface area contributed by atoms with E-state index in [0.717, 1.165) is 26.1 Å². The Kier molecular flexibility index (Phi) is 7.98. The van der Waals surface area contributed by atoms with Gasteiger partial charge in [-0.15, -0.1) is 0 Å². The fourth-order valence-corrected chi connectivity index (χ4v) is 3.32. The summed E-state index contributed by atoms with van der Waals surface area (Å²) in [6, 6.07) is 11.4. The molecule has 21 heavy (non-hydrogen) atoms. The molecule has 0 radical (unpaired) electrons. The van der Waals surface area contributed by atoms with Crippen molar-refractivity contribution in [3.8, 4) is 0 Å². The Morgan fingerprint density at radius 1 is 1.05 bits per heavy atom. The Morgan fingerprint density at radius 3 is 2.14 bits per heavy atom. The third-order valence-electron chi connectivity index (χ3n) is 4.88. The summed E-state index contributed by atoms with van der Waals surface area (Å²) in [5.74, 6) is 0. The summed E-state index contributed by atoms with van der Waals surface area (Å²) in [5, 5.41) is 3.82. The van der Waals surface area contributed by atoms with E-state index in [1.807, 2.05) is 0 Å². The normalized spacial score (nSPS) is 15.9. The Balaban J connectivity index is 2.97. The summed E-state index contributed by atoms with van der Waals surface area (Å²) in [4.78, 5) is 2.61. The fourth-order valence-electron chi connectivity index (χ4n) is 3.32. The molecular weight excluding hydrogens is 256 g/mol. The first kappa shape index (κ1) is 18.2. The van der Waals surface area contributed by atoms with E-state index in [-0.39, 0.29) is 5.54 Å². The Labute approximate surface area is 131 Å². The number of nitrogens with zero attached hydrogens (tertiary/aromatic N) is 1. The van der Waals surface area contributed by atoms with E-state index < -0.39 is 0 Å². The van der Waals surface area contributed by atoms with Gasteiger partial charge in [-0.2, -0.15) is 0 Å². The van der Waals surface area contributed by atoms with Gasteiger partial charge >= 0.3 is 0 Å². The molecule has 0 aliphatic heterocycles. The molecule has 2 unspecified atom stereocenters. The van der Waals surface area contributed by atoms with Crippen molar-refractivity contribution in [3.05, 3.63) is 35.9 Å². The molecule has 2 nitrogen and oxygen atoms in total. The van der Waals surface area contributed by atoms with Crippen LogP contribution in [0.4, 0.5) is 0 Å². The molecule has 0 saturated carbocycles. The molecule has 1 aromatic carbocycles. The molecule has 0 heterocycles. The van der Waals surface area contributed by atoms with Crippen LogP contribution in [-0.4, -0.2) is 36.1 Å². The van der Waals surface area contributed by atoms with E-state index in [9.17, 15) is 0 Å². The van der Waals surface area contributed by atoms with Gasteiger partial charge in [0.05, 0.1) is 0 Å². The molecule has 1 aromatic rings. The van der Waals surface area contributed by atoms with Gasteiger partial charge in [0.25, 0.3) is 0 Å². The lowest BCUT2D eigenvalue weighted by Gasteiger charge is -2.46. The molecular formula is C19H34N2. The monoisotopic (exact) mass is 290 g/mol. The van der Waals surface area contributed by atoms with Crippen molar-refractivity contribution in [2.75, 3.05) is 19.6 Å². The van der Waals surface area contributed by atoms with Gasteiger partial charge in [0.15, 0.2) is 0 Å². The molecule has 1 rings (SSSR count). The van der Waals surface area contributed by atoms with E-state index in [1.54, 1.807) is 0 Å². The van der Waals surface area contributed by atoms with E-state index in [2.05, 4.69) is 75.2 Å². The van der Waals surface area contributed by atoms with Crippen LogP contribution in [0.15, 0.2) is 30.3 Å². The van der Waals surface area contributed by atoms with Gasteiger partial charge in [-0.1, -0.05) is 58.0 Å². The van der Waals surface area contributed by atoms with Crippen molar-refractivity contribution in [2.24, 2.45) is 0 Å². The van der Waals surface area contributed by atoms with Gasteiger partial charge in [-0.3, -0.25) is 4.90 Å². The number of nitrogens with one attached hydrogen (secondary N) is 1. The predicted molar refractivity (Wildman–Crippen MR) is 93.8 cm³/mol. The highest BCUT2D eigenvalue weighted by Crippen LogP contribution is 2.26. The summed E-state index contributed by atoms with van der Waals surface area (Å²) in [6.07, 6.45) is 3.45. The topological polar surface area (TPSA) is 15.3 Å². The summed E-state index contributed by atoms with van der Waals surface area (Å²) >= 11 is 0. The number of hydrogen-bond acceptors (Lipinski definition) is 2. The molecule has 0 spiro atoms. The van der Waals surface area contributed by atoms with Gasteiger partial charge in [0.2, 0.25) is 0 Å². The molecule has 2 atom stereocenters. The molecule has 2 heteroatoms. The third kappa shape index (κ3) is 4.82. The third-order valence-corrected chi connectivity index (χ3v) is 4.88. The smallest absolute Gasteiger partial charge is 0.0334 e. The molecule has 0 bridgehead atoms. The lowest BCUT2D eigenvalue weighted by molar-refractivity contribution is 0.0701. The van der Waals surface area contributed by atoms with Gasteiger partial charge in [0.1, 0.15) is 0 Å². The zero-order valence-electron chi connectivity index (χ0n) is 14.7. The summed E-state index contributed by atoms with van der Waals surface area (Å²) in [7, 11) is 0. The Hall–Kier alpha value is -0.860. The number of hydrogen-bond donors (Lipinski definition) is 1. The van der Waals surface area contributed by atoms with Gasteiger partial charge < -0.3 is 5.32 Å². The molecule has 1 N–H and O–H groups in total. The first-order valence-corrected chi connectivity index (χ1v) is 8.64. The van der Waals surface area contributed by atoms with Crippen molar-refractivity contribution < 1.29 is 0 Å².